The van der Waals surface area contributed by atoms with Crippen LogP contribution in [0.4, 0.5) is 0 Å². The summed E-state index contributed by atoms with van der Waals surface area (Å²) in [5.41, 5.74) is 6.38. The van der Waals surface area contributed by atoms with Crippen LogP contribution in [0, 0.1) is 0 Å². The maximum atomic E-state index is 13.9. The number of carbonyl (C=O) groups is 1. The Hall–Kier alpha value is -1.18. The van der Waals surface area contributed by atoms with Crippen molar-refractivity contribution in [2.24, 2.45) is 0 Å². The molecule has 0 amide bonds. The van der Waals surface area contributed by atoms with E-state index < -0.39 is 10.3 Å². The predicted octanol–water partition coefficient (Wildman–Crippen LogP) is 5.41. The molecule has 0 atom stereocenters. The van der Waals surface area contributed by atoms with E-state index in [0.29, 0.717) is 22.6 Å². The molecule has 1 N–H and O–H groups in total. The van der Waals surface area contributed by atoms with E-state index in [-0.39, 0.29) is 71.2 Å². The zero-order chi connectivity index (χ0) is 26.8. The first kappa shape index (κ1) is 32.8. The summed E-state index contributed by atoms with van der Waals surface area (Å²) >= 11 is 0. The quantitative estimate of drug-likeness (QED) is 0.308. The van der Waals surface area contributed by atoms with Crippen molar-refractivity contribution in [2.75, 3.05) is 0 Å². The molecular weight excluding hydrogens is 481 g/mol. The molecule has 0 aliphatic carbocycles. The molecule has 7 heteroatoms. The molecule has 0 unspecified atom stereocenters. The summed E-state index contributed by atoms with van der Waals surface area (Å²) in [6.07, 6.45) is 0.229. The number of rotatable bonds is 10. The fourth-order valence-corrected chi connectivity index (χ4v) is 5.06. The molecule has 0 radical (unpaired) electrons. The van der Waals surface area contributed by atoms with Gasteiger partial charge in [-0.2, -0.15) is 0 Å². The molecule has 2 aromatic rings. The van der Waals surface area contributed by atoms with Gasteiger partial charge in [-0.15, -0.1) is 0 Å². The SMILES string of the molecule is CC(C)c1cc(C(C)C)c(CC(=O)c2ccc(C(C)C)c(OS([NH-])(=O)=O)c2C(C)C)c(C(C)C)c1.[Na+]. The Kier molecular flexibility index (Phi) is 11.9. The third kappa shape index (κ3) is 7.91. The summed E-state index contributed by atoms with van der Waals surface area (Å²) in [7, 11) is -4.50. The van der Waals surface area contributed by atoms with Crippen LogP contribution in [0.25, 0.3) is 5.14 Å². The number of ketones is 1. The average Bonchev–Trinajstić information content (AvgIpc) is 2.71. The van der Waals surface area contributed by atoms with Crippen molar-refractivity contribution >= 4 is 16.1 Å². The molecule has 0 saturated heterocycles. The second kappa shape index (κ2) is 13.1. The standard InChI is InChI=1S/C29H42NO4S.Na/c1-16(2)21-13-24(18(5)6)26(25(14-21)19(7)8)15-27(31)23-12-11-22(17(3)4)29(28(23)20(9)10)34-35(30,32)33;/h11-14,16-20H,15H2,1-10H3,(H-,30,32,33);/q-1;+1. The minimum Gasteiger partial charge on any atom is -0.529 e. The normalized spacial score (nSPS) is 12.1. The maximum Gasteiger partial charge on any atom is 1.00 e. The summed E-state index contributed by atoms with van der Waals surface area (Å²) in [6.45, 7) is 20.7. The van der Waals surface area contributed by atoms with Gasteiger partial charge in [-0.1, -0.05) is 93.5 Å². The Balaban J connectivity index is 0.00000648. The van der Waals surface area contributed by atoms with Gasteiger partial charge in [-0.3, -0.25) is 4.79 Å². The van der Waals surface area contributed by atoms with Crippen LogP contribution in [0.3, 0.4) is 0 Å². The van der Waals surface area contributed by atoms with Gasteiger partial charge in [-0.05, 0) is 57.4 Å². The van der Waals surface area contributed by atoms with E-state index >= 15 is 0 Å². The Morgan fingerprint density at radius 2 is 1.25 bits per heavy atom. The number of carbonyl (C=O) groups excluding carboxylic acids is 1. The summed E-state index contributed by atoms with van der Waals surface area (Å²) in [4.78, 5) is 13.9. The molecule has 0 saturated carbocycles. The molecule has 36 heavy (non-hydrogen) atoms. The van der Waals surface area contributed by atoms with Crippen LogP contribution < -0.4 is 33.7 Å². The summed E-state index contributed by atoms with van der Waals surface area (Å²) in [5, 5.41) is 7.37. The Labute approximate surface area is 241 Å². The summed E-state index contributed by atoms with van der Waals surface area (Å²) in [5.74, 6) is 0.760. The molecule has 0 aromatic heterocycles. The van der Waals surface area contributed by atoms with Crippen LogP contribution in [0.1, 0.15) is 143 Å². The Bertz CT molecular complexity index is 1150. The second-order valence-electron chi connectivity index (χ2n) is 11.0. The van der Waals surface area contributed by atoms with Crippen LogP contribution in [0.15, 0.2) is 24.3 Å². The zero-order valence-corrected chi connectivity index (χ0v) is 26.8. The number of nitrogens with one attached hydrogen (secondary N) is 1. The van der Waals surface area contributed by atoms with Gasteiger partial charge in [0.05, 0.1) is 0 Å². The van der Waals surface area contributed by atoms with E-state index in [2.05, 4.69) is 53.7 Å². The fourth-order valence-electron chi connectivity index (χ4n) is 4.66. The Morgan fingerprint density at radius 1 is 0.778 bits per heavy atom. The van der Waals surface area contributed by atoms with Crippen molar-refractivity contribution in [1.82, 2.24) is 0 Å². The van der Waals surface area contributed by atoms with Crippen LogP contribution in [-0.4, -0.2) is 14.2 Å². The molecule has 2 aromatic carbocycles. The van der Waals surface area contributed by atoms with E-state index in [0.717, 1.165) is 5.56 Å². The molecule has 0 fully saturated rings. The van der Waals surface area contributed by atoms with Crippen molar-refractivity contribution in [2.45, 2.75) is 105 Å². The van der Waals surface area contributed by atoms with E-state index in [4.69, 9.17) is 9.32 Å². The van der Waals surface area contributed by atoms with Crippen molar-refractivity contribution in [3.05, 3.63) is 68.3 Å². The smallest absolute Gasteiger partial charge is 0.529 e. The molecule has 0 bridgehead atoms. The molecule has 0 aliphatic heterocycles. The fraction of sp³-hybridized carbons (Fsp3) is 0.552. The molecule has 0 heterocycles. The third-order valence-electron chi connectivity index (χ3n) is 6.51. The van der Waals surface area contributed by atoms with Gasteiger partial charge < -0.3 is 9.32 Å². The zero-order valence-electron chi connectivity index (χ0n) is 23.9. The van der Waals surface area contributed by atoms with Crippen molar-refractivity contribution in [3.8, 4) is 5.75 Å². The number of benzene rings is 2. The average molecular weight is 524 g/mol. The Morgan fingerprint density at radius 3 is 1.61 bits per heavy atom. The van der Waals surface area contributed by atoms with Crippen molar-refractivity contribution < 1.29 is 47.0 Å². The van der Waals surface area contributed by atoms with Crippen LogP contribution in [-0.2, 0) is 16.7 Å². The van der Waals surface area contributed by atoms with E-state index in [9.17, 15) is 13.2 Å². The molecule has 0 aliphatic rings. The minimum absolute atomic E-state index is 0. The van der Waals surface area contributed by atoms with Gasteiger partial charge >= 0.3 is 29.6 Å². The van der Waals surface area contributed by atoms with Crippen LogP contribution >= 0.6 is 0 Å². The first-order chi connectivity index (χ1) is 16.0. The van der Waals surface area contributed by atoms with Gasteiger partial charge in [0, 0.05) is 17.5 Å². The first-order valence-corrected chi connectivity index (χ1v) is 14.0. The monoisotopic (exact) mass is 523 g/mol. The first-order valence-electron chi connectivity index (χ1n) is 12.6. The number of hydrogen-bond donors (Lipinski definition) is 0. The largest absolute Gasteiger partial charge is 1.00 e. The number of hydrogen-bond acceptors (Lipinski definition) is 4. The van der Waals surface area contributed by atoms with E-state index in [1.165, 1.54) is 16.7 Å². The van der Waals surface area contributed by atoms with Crippen LogP contribution in [0.5, 0.6) is 5.75 Å². The van der Waals surface area contributed by atoms with E-state index in [1.807, 2.05) is 27.7 Å². The molecule has 194 valence electrons. The topological polar surface area (TPSA) is 84.2 Å². The molecule has 0 spiro atoms. The predicted molar refractivity (Wildman–Crippen MR) is 145 cm³/mol. The van der Waals surface area contributed by atoms with Crippen molar-refractivity contribution in [3.63, 3.8) is 0 Å². The van der Waals surface area contributed by atoms with Gasteiger partial charge in [0.25, 0.3) is 0 Å². The van der Waals surface area contributed by atoms with Crippen LogP contribution in [0.2, 0.25) is 0 Å². The van der Waals surface area contributed by atoms with Gasteiger partial charge in [0.15, 0.2) is 5.78 Å². The van der Waals surface area contributed by atoms with E-state index in [1.54, 1.807) is 12.1 Å². The molecule has 5 nitrogen and oxygen atoms in total. The number of Topliss-reactive ketones (excluding diaryl/α,β-unsaturated/α-hetero) is 1. The molecular formula is C29H42NNaO4S. The molecule has 2 rings (SSSR count). The third-order valence-corrected chi connectivity index (χ3v) is 6.89. The van der Waals surface area contributed by atoms with Gasteiger partial charge in [0.1, 0.15) is 5.75 Å². The summed E-state index contributed by atoms with van der Waals surface area (Å²) < 4.78 is 28.8. The summed E-state index contributed by atoms with van der Waals surface area (Å²) in [6, 6.07) is 8.02. The maximum absolute atomic E-state index is 13.9. The second-order valence-corrected chi connectivity index (χ2v) is 12.1. The minimum atomic E-state index is -4.50. The van der Waals surface area contributed by atoms with Crippen molar-refractivity contribution in [1.29, 1.82) is 0 Å². The van der Waals surface area contributed by atoms with Gasteiger partial charge in [-0.25, -0.2) is 8.42 Å². The van der Waals surface area contributed by atoms with Gasteiger partial charge in [0.2, 0.25) is 10.3 Å².